The van der Waals surface area contributed by atoms with Crippen LogP contribution in [0, 0.1) is 0 Å². The number of hydrogen-bond acceptors (Lipinski definition) is 4. The number of imidazole rings is 1. The van der Waals surface area contributed by atoms with Gasteiger partial charge in [-0.05, 0) is 19.1 Å². The van der Waals surface area contributed by atoms with Crippen molar-refractivity contribution in [3.8, 4) is 16.9 Å². The van der Waals surface area contributed by atoms with Crippen molar-refractivity contribution in [3.63, 3.8) is 0 Å². The molecule has 0 fully saturated rings. The van der Waals surface area contributed by atoms with Crippen molar-refractivity contribution in [1.29, 1.82) is 0 Å². The van der Waals surface area contributed by atoms with Gasteiger partial charge in [0.2, 0.25) is 17.8 Å². The predicted molar refractivity (Wildman–Crippen MR) is 112 cm³/mol. The molecule has 1 heterocycles. The minimum atomic E-state index is -0.321. The van der Waals surface area contributed by atoms with Crippen LogP contribution in [0.1, 0.15) is 6.92 Å². The number of carbonyl (C=O) groups excluding carboxylic acids is 2. The number of para-hydroxylation sites is 1. The molecule has 7 nitrogen and oxygen atoms in total. The van der Waals surface area contributed by atoms with E-state index in [4.69, 9.17) is 4.74 Å². The van der Waals surface area contributed by atoms with Crippen molar-refractivity contribution >= 4 is 17.8 Å². The number of methoxy groups -OCH3 is 1. The fourth-order valence-corrected chi connectivity index (χ4v) is 2.93. The molecule has 0 radical (unpaired) electrons. The van der Waals surface area contributed by atoms with E-state index in [1.54, 1.807) is 0 Å². The minimum Gasteiger partial charge on any atom is -0.375 e. The molecule has 150 valence electrons. The van der Waals surface area contributed by atoms with Gasteiger partial charge in [-0.1, -0.05) is 48.5 Å². The van der Waals surface area contributed by atoms with Gasteiger partial charge in [0.1, 0.15) is 13.2 Å². The highest BCUT2D eigenvalue weighted by molar-refractivity contribution is 5.94. The third-order valence-corrected chi connectivity index (χ3v) is 4.40. The molecule has 7 heteroatoms. The molecule has 3 aromatic rings. The largest absolute Gasteiger partial charge is 0.375 e. The van der Waals surface area contributed by atoms with Gasteiger partial charge in [-0.3, -0.25) is 19.5 Å². The molecule has 0 bridgehead atoms. The van der Waals surface area contributed by atoms with Gasteiger partial charge in [0.15, 0.2) is 0 Å². The Bertz CT molecular complexity index is 955. The van der Waals surface area contributed by atoms with E-state index < -0.39 is 0 Å². The van der Waals surface area contributed by atoms with Crippen molar-refractivity contribution in [2.45, 2.75) is 6.92 Å². The number of nitrogens with one attached hydrogen (secondary N) is 1. The maximum atomic E-state index is 12.6. The van der Waals surface area contributed by atoms with Gasteiger partial charge in [-0.15, -0.1) is 0 Å². The first kappa shape index (κ1) is 20.3. The Morgan fingerprint density at radius 2 is 1.72 bits per heavy atom. The van der Waals surface area contributed by atoms with Crippen LogP contribution in [0.25, 0.3) is 16.9 Å². The number of aromatic nitrogens is 2. The predicted octanol–water partition coefficient (Wildman–Crippen LogP) is 2.97. The lowest BCUT2D eigenvalue weighted by molar-refractivity contribution is -0.137. The summed E-state index contributed by atoms with van der Waals surface area (Å²) in [5.41, 5.74) is 2.57. The van der Waals surface area contributed by atoms with E-state index in [0.717, 1.165) is 16.9 Å². The number of rotatable bonds is 8. The van der Waals surface area contributed by atoms with Crippen molar-refractivity contribution in [2.24, 2.45) is 0 Å². The van der Waals surface area contributed by atoms with Crippen LogP contribution in [0.5, 0.6) is 0 Å². The molecular weight excluding hydrogens is 368 g/mol. The van der Waals surface area contributed by atoms with Crippen molar-refractivity contribution in [3.05, 3.63) is 66.9 Å². The Hall–Kier alpha value is -3.45. The average molecular weight is 392 g/mol. The van der Waals surface area contributed by atoms with E-state index >= 15 is 0 Å². The van der Waals surface area contributed by atoms with E-state index in [2.05, 4.69) is 10.3 Å². The summed E-state index contributed by atoms with van der Waals surface area (Å²) in [6, 6.07) is 19.4. The fourth-order valence-electron chi connectivity index (χ4n) is 2.93. The second-order valence-corrected chi connectivity index (χ2v) is 6.41. The van der Waals surface area contributed by atoms with Crippen LogP contribution >= 0.6 is 0 Å². The molecule has 0 spiro atoms. The summed E-state index contributed by atoms with van der Waals surface area (Å²) in [6.07, 6.45) is 1.88. The zero-order valence-electron chi connectivity index (χ0n) is 16.5. The molecule has 0 saturated carbocycles. The highest BCUT2D eigenvalue weighted by Crippen LogP contribution is 2.24. The molecule has 1 aromatic heterocycles. The number of likely N-dealkylation sites (N-methyl/N-ethyl adjacent to an activating group) is 1. The molecule has 1 N–H and O–H groups in total. The van der Waals surface area contributed by atoms with Gasteiger partial charge in [0, 0.05) is 31.1 Å². The van der Waals surface area contributed by atoms with E-state index in [1.165, 1.54) is 12.0 Å². The molecule has 0 aliphatic rings. The first-order chi connectivity index (χ1) is 14.1. The monoisotopic (exact) mass is 392 g/mol. The van der Waals surface area contributed by atoms with Gasteiger partial charge in [0.05, 0.1) is 5.69 Å². The summed E-state index contributed by atoms with van der Waals surface area (Å²) in [5.74, 6) is -0.157. The zero-order chi connectivity index (χ0) is 20.6. The summed E-state index contributed by atoms with van der Waals surface area (Å²) < 4.78 is 6.70. The minimum absolute atomic E-state index is 0.0576. The van der Waals surface area contributed by atoms with Crippen molar-refractivity contribution in [1.82, 2.24) is 14.5 Å². The number of amides is 2. The molecule has 3 rings (SSSR count). The van der Waals surface area contributed by atoms with E-state index in [0.29, 0.717) is 12.5 Å². The normalized spacial score (nSPS) is 10.6. The fraction of sp³-hybridized carbons (Fsp3) is 0.227. The van der Waals surface area contributed by atoms with Gasteiger partial charge >= 0.3 is 0 Å². The number of nitrogens with zero attached hydrogens (tertiary/aromatic N) is 3. The van der Waals surface area contributed by atoms with E-state index in [-0.39, 0.29) is 25.0 Å². The standard InChI is InChI=1S/C22H24N4O3/c1-3-25(21(28)16-29-2)15-20(27)24-22-23-19(17-10-6-4-7-11-17)14-26(22)18-12-8-5-9-13-18/h4-14H,3,15-16H2,1-2H3,(H,23,24,27). The third kappa shape index (κ3) is 5.08. The summed E-state index contributed by atoms with van der Waals surface area (Å²) in [4.78, 5) is 30.7. The Morgan fingerprint density at radius 3 is 2.34 bits per heavy atom. The van der Waals surface area contributed by atoms with Crippen LogP contribution in [0.15, 0.2) is 66.9 Å². The van der Waals surface area contributed by atoms with Crippen molar-refractivity contribution in [2.75, 3.05) is 32.1 Å². The SMILES string of the molecule is CCN(CC(=O)Nc1nc(-c2ccccc2)cn1-c1ccccc1)C(=O)COC. The second kappa shape index (κ2) is 9.66. The number of anilines is 1. The first-order valence-electron chi connectivity index (χ1n) is 9.39. The lowest BCUT2D eigenvalue weighted by atomic mass is 10.2. The van der Waals surface area contributed by atoms with Gasteiger partial charge in [-0.25, -0.2) is 4.98 Å². The lowest BCUT2D eigenvalue weighted by Crippen LogP contribution is -2.39. The Labute approximate surface area is 169 Å². The molecule has 0 aliphatic carbocycles. The second-order valence-electron chi connectivity index (χ2n) is 6.41. The summed E-state index contributed by atoms with van der Waals surface area (Å²) in [7, 11) is 1.45. The molecule has 0 saturated heterocycles. The van der Waals surface area contributed by atoms with Crippen LogP contribution in [0.3, 0.4) is 0 Å². The molecule has 29 heavy (non-hydrogen) atoms. The topological polar surface area (TPSA) is 76.5 Å². The highest BCUT2D eigenvalue weighted by atomic mass is 16.5. The van der Waals surface area contributed by atoms with Crippen LogP contribution in [-0.2, 0) is 14.3 Å². The summed E-state index contributed by atoms with van der Waals surface area (Å²) in [5, 5.41) is 2.84. The Kier molecular flexibility index (Phi) is 6.76. The zero-order valence-corrected chi connectivity index (χ0v) is 16.5. The average Bonchev–Trinajstić information content (AvgIpc) is 3.17. The smallest absolute Gasteiger partial charge is 0.249 e. The molecule has 0 atom stereocenters. The number of carbonyl (C=O) groups is 2. The van der Waals surface area contributed by atoms with Gasteiger partial charge < -0.3 is 9.64 Å². The molecule has 0 unspecified atom stereocenters. The van der Waals surface area contributed by atoms with Crippen molar-refractivity contribution < 1.29 is 14.3 Å². The lowest BCUT2D eigenvalue weighted by Gasteiger charge is -2.19. The van der Waals surface area contributed by atoms with Crippen LogP contribution in [-0.4, -0.2) is 53.1 Å². The van der Waals surface area contributed by atoms with E-state index in [1.807, 2.05) is 78.4 Å². The third-order valence-electron chi connectivity index (χ3n) is 4.40. The van der Waals surface area contributed by atoms with Gasteiger partial charge in [-0.2, -0.15) is 0 Å². The van der Waals surface area contributed by atoms with Crippen LogP contribution in [0.4, 0.5) is 5.95 Å². The number of hydrogen-bond donors (Lipinski definition) is 1. The molecule has 0 aliphatic heterocycles. The maximum Gasteiger partial charge on any atom is 0.249 e. The summed E-state index contributed by atoms with van der Waals surface area (Å²) >= 11 is 0. The highest BCUT2D eigenvalue weighted by Gasteiger charge is 2.18. The van der Waals surface area contributed by atoms with E-state index in [9.17, 15) is 9.59 Å². The van der Waals surface area contributed by atoms with Crippen LogP contribution in [0.2, 0.25) is 0 Å². The quantitative estimate of drug-likeness (QED) is 0.639. The van der Waals surface area contributed by atoms with Crippen LogP contribution < -0.4 is 5.32 Å². The molecule has 2 aromatic carbocycles. The first-order valence-corrected chi connectivity index (χ1v) is 9.39. The number of benzene rings is 2. The van der Waals surface area contributed by atoms with Gasteiger partial charge in [0.25, 0.3) is 0 Å². The summed E-state index contributed by atoms with van der Waals surface area (Å²) in [6.45, 7) is 2.11. The maximum absolute atomic E-state index is 12.6. The Morgan fingerprint density at radius 1 is 1.07 bits per heavy atom. The number of ether oxygens (including phenoxy) is 1. The Balaban J connectivity index is 1.86. The molecular formula is C22H24N4O3. The molecule has 2 amide bonds.